The Balaban J connectivity index is 2.83. The molecule has 0 amide bonds. The third kappa shape index (κ3) is 1.29. The van der Waals surface area contributed by atoms with Gasteiger partial charge in [-0.3, -0.25) is 4.79 Å². The van der Waals surface area contributed by atoms with Gasteiger partial charge in [0.1, 0.15) is 18.3 Å². The Bertz CT molecular complexity index is 206. The maximum atomic E-state index is 12.4. The Kier molecular flexibility index (Phi) is 1.94. The smallest absolute Gasteiger partial charge is 0.149 e. The second-order valence-corrected chi connectivity index (χ2v) is 2.07. The molecule has 0 aliphatic heterocycles. The van der Waals surface area contributed by atoms with E-state index in [0.717, 1.165) is 12.2 Å². The van der Waals surface area contributed by atoms with Gasteiger partial charge in [-0.25, -0.2) is 8.78 Å². The number of hydrogen-bond donors (Lipinski definition) is 0. The second-order valence-electron chi connectivity index (χ2n) is 2.07. The number of carbonyl (C=O) groups is 1. The minimum atomic E-state index is -1.21. The van der Waals surface area contributed by atoms with Gasteiger partial charge in [0.2, 0.25) is 0 Å². The topological polar surface area (TPSA) is 17.1 Å². The fourth-order valence-corrected chi connectivity index (χ4v) is 0.776. The normalized spacial score (nSPS) is 25.2. The lowest BCUT2D eigenvalue weighted by molar-refractivity contribution is -0.105. The van der Waals surface area contributed by atoms with Crippen LogP contribution >= 0.6 is 0 Å². The number of alkyl halides is 1. The summed E-state index contributed by atoms with van der Waals surface area (Å²) in [7, 11) is 0. The molecule has 54 valence electrons. The van der Waals surface area contributed by atoms with Gasteiger partial charge in [-0.05, 0) is 12.2 Å². The summed E-state index contributed by atoms with van der Waals surface area (Å²) in [5.41, 5.74) is -0.0880. The Labute approximate surface area is 57.0 Å². The molecular formula is C7H6F2O. The van der Waals surface area contributed by atoms with Crippen molar-refractivity contribution in [2.45, 2.75) is 12.6 Å². The Hall–Kier alpha value is -0.990. The van der Waals surface area contributed by atoms with Gasteiger partial charge in [0, 0.05) is 12.0 Å². The molecule has 1 aliphatic rings. The standard InChI is InChI=1S/C7H6F2O/c8-6-1-2-7(9)5(3-6)4-10/h1-2,4,6H,3H2/t6-/m0/s1. The lowest BCUT2D eigenvalue weighted by Crippen LogP contribution is -2.04. The van der Waals surface area contributed by atoms with Crippen LogP contribution in [0, 0.1) is 0 Å². The van der Waals surface area contributed by atoms with Gasteiger partial charge in [-0.2, -0.15) is 0 Å². The predicted molar refractivity (Wildman–Crippen MR) is 32.9 cm³/mol. The van der Waals surface area contributed by atoms with E-state index in [4.69, 9.17) is 0 Å². The number of hydrogen-bond acceptors (Lipinski definition) is 1. The molecule has 1 rings (SSSR count). The van der Waals surface area contributed by atoms with Crippen LogP contribution in [0.4, 0.5) is 8.78 Å². The summed E-state index contributed by atoms with van der Waals surface area (Å²) >= 11 is 0. The van der Waals surface area contributed by atoms with E-state index in [0.29, 0.717) is 6.29 Å². The molecule has 0 saturated carbocycles. The average Bonchev–Trinajstić information content (AvgIpc) is 1.94. The van der Waals surface area contributed by atoms with E-state index in [1.54, 1.807) is 0 Å². The van der Waals surface area contributed by atoms with Gasteiger partial charge in [-0.15, -0.1) is 0 Å². The molecule has 1 atom stereocenters. The zero-order valence-corrected chi connectivity index (χ0v) is 5.18. The summed E-state index contributed by atoms with van der Waals surface area (Å²) in [6.07, 6.45) is 1.09. The number of rotatable bonds is 1. The molecule has 0 aromatic carbocycles. The first-order valence-electron chi connectivity index (χ1n) is 2.90. The monoisotopic (exact) mass is 144 g/mol. The van der Waals surface area contributed by atoms with Crippen LogP contribution in [-0.2, 0) is 4.79 Å². The van der Waals surface area contributed by atoms with Crippen molar-refractivity contribution in [1.82, 2.24) is 0 Å². The number of allylic oxidation sites excluding steroid dienone is 4. The zero-order valence-electron chi connectivity index (χ0n) is 5.18. The molecule has 0 bridgehead atoms. The Morgan fingerprint density at radius 3 is 2.90 bits per heavy atom. The van der Waals surface area contributed by atoms with E-state index < -0.39 is 12.0 Å². The summed E-state index contributed by atoms with van der Waals surface area (Å²) in [5.74, 6) is -0.621. The molecule has 0 radical (unpaired) electrons. The van der Waals surface area contributed by atoms with E-state index in [2.05, 4.69) is 0 Å². The van der Waals surface area contributed by atoms with Crippen LogP contribution < -0.4 is 0 Å². The summed E-state index contributed by atoms with van der Waals surface area (Å²) < 4.78 is 24.8. The molecule has 1 aliphatic carbocycles. The molecule has 0 heterocycles. The molecule has 0 spiro atoms. The molecule has 0 saturated heterocycles. The number of halogens is 2. The quantitative estimate of drug-likeness (QED) is 0.512. The van der Waals surface area contributed by atoms with Crippen molar-refractivity contribution >= 4 is 6.29 Å². The lowest BCUT2D eigenvalue weighted by atomic mass is 10.0. The number of carbonyl (C=O) groups excluding carboxylic acids is 1. The van der Waals surface area contributed by atoms with E-state index in [1.165, 1.54) is 0 Å². The fraction of sp³-hybridized carbons (Fsp3) is 0.286. The van der Waals surface area contributed by atoms with E-state index in [9.17, 15) is 13.6 Å². The highest BCUT2D eigenvalue weighted by Gasteiger charge is 2.14. The molecule has 0 aromatic heterocycles. The van der Waals surface area contributed by atoms with E-state index in [1.807, 2.05) is 0 Å². The van der Waals surface area contributed by atoms with Crippen LogP contribution in [0.2, 0.25) is 0 Å². The largest absolute Gasteiger partial charge is 0.298 e. The summed E-state index contributed by atoms with van der Waals surface area (Å²) in [6, 6.07) is 0. The minimum Gasteiger partial charge on any atom is -0.298 e. The molecule has 1 nitrogen and oxygen atoms in total. The average molecular weight is 144 g/mol. The summed E-state index contributed by atoms with van der Waals surface area (Å²) in [5, 5.41) is 0. The fourth-order valence-electron chi connectivity index (χ4n) is 0.776. The predicted octanol–water partition coefficient (Wildman–Crippen LogP) is 1.71. The zero-order chi connectivity index (χ0) is 7.56. The number of aldehydes is 1. The van der Waals surface area contributed by atoms with Gasteiger partial charge in [-0.1, -0.05) is 0 Å². The second kappa shape index (κ2) is 2.73. The van der Waals surface area contributed by atoms with Crippen molar-refractivity contribution in [2.75, 3.05) is 0 Å². The Morgan fingerprint density at radius 2 is 2.40 bits per heavy atom. The van der Waals surface area contributed by atoms with Crippen molar-refractivity contribution < 1.29 is 13.6 Å². The van der Waals surface area contributed by atoms with E-state index in [-0.39, 0.29) is 12.0 Å². The highest BCUT2D eigenvalue weighted by atomic mass is 19.1. The highest BCUT2D eigenvalue weighted by Crippen LogP contribution is 2.20. The van der Waals surface area contributed by atoms with E-state index >= 15 is 0 Å². The van der Waals surface area contributed by atoms with Crippen LogP contribution in [-0.4, -0.2) is 12.5 Å². The van der Waals surface area contributed by atoms with Crippen molar-refractivity contribution in [2.24, 2.45) is 0 Å². The van der Waals surface area contributed by atoms with Crippen LogP contribution in [0.15, 0.2) is 23.6 Å². The minimum absolute atomic E-state index is 0.0880. The van der Waals surface area contributed by atoms with Gasteiger partial charge in [0.05, 0.1) is 0 Å². The first-order chi connectivity index (χ1) is 4.74. The lowest BCUT2D eigenvalue weighted by Gasteiger charge is -2.07. The molecule has 10 heavy (non-hydrogen) atoms. The van der Waals surface area contributed by atoms with Crippen molar-refractivity contribution in [1.29, 1.82) is 0 Å². The molecule has 0 fully saturated rings. The first-order valence-corrected chi connectivity index (χ1v) is 2.90. The van der Waals surface area contributed by atoms with Gasteiger partial charge >= 0.3 is 0 Å². The molecule has 0 unspecified atom stereocenters. The molecule has 0 aromatic rings. The van der Waals surface area contributed by atoms with Crippen LogP contribution in [0.1, 0.15) is 6.42 Å². The van der Waals surface area contributed by atoms with Crippen LogP contribution in [0.3, 0.4) is 0 Å². The molecule has 3 heteroatoms. The SMILES string of the molecule is O=CC1=C(F)C=C[C@H](F)C1. The summed E-state index contributed by atoms with van der Waals surface area (Å²) in [4.78, 5) is 10.0. The molecular weight excluding hydrogens is 138 g/mol. The van der Waals surface area contributed by atoms with Gasteiger partial charge in [0.25, 0.3) is 0 Å². The first kappa shape index (κ1) is 7.12. The van der Waals surface area contributed by atoms with Gasteiger partial charge in [0.15, 0.2) is 0 Å². The third-order valence-electron chi connectivity index (χ3n) is 1.32. The van der Waals surface area contributed by atoms with Crippen molar-refractivity contribution in [3.8, 4) is 0 Å². The third-order valence-corrected chi connectivity index (χ3v) is 1.32. The van der Waals surface area contributed by atoms with Crippen LogP contribution in [0.5, 0.6) is 0 Å². The maximum Gasteiger partial charge on any atom is 0.149 e. The maximum absolute atomic E-state index is 12.4. The summed E-state index contributed by atoms with van der Waals surface area (Å²) in [6.45, 7) is 0. The molecule has 0 N–H and O–H groups in total. The Morgan fingerprint density at radius 1 is 1.70 bits per heavy atom. The van der Waals surface area contributed by atoms with Crippen molar-refractivity contribution in [3.63, 3.8) is 0 Å². The highest BCUT2D eigenvalue weighted by molar-refractivity contribution is 5.75. The van der Waals surface area contributed by atoms with Crippen molar-refractivity contribution in [3.05, 3.63) is 23.6 Å². The van der Waals surface area contributed by atoms with Gasteiger partial charge < -0.3 is 0 Å². The van der Waals surface area contributed by atoms with Crippen LogP contribution in [0.25, 0.3) is 0 Å².